The second-order valence-electron chi connectivity index (χ2n) is 6.00. The van der Waals surface area contributed by atoms with Crippen molar-refractivity contribution in [3.05, 3.63) is 0 Å². The second kappa shape index (κ2) is 5.57. The summed E-state index contributed by atoms with van der Waals surface area (Å²) >= 11 is 0. The van der Waals surface area contributed by atoms with Crippen LogP contribution in [-0.4, -0.2) is 46.8 Å². The normalized spacial score (nSPS) is 32.3. The van der Waals surface area contributed by atoms with Gasteiger partial charge in [-0.15, -0.1) is 0 Å². The molecule has 2 atom stereocenters. The first-order valence-corrected chi connectivity index (χ1v) is 7.14. The van der Waals surface area contributed by atoms with Crippen molar-refractivity contribution in [2.24, 2.45) is 0 Å². The quantitative estimate of drug-likeness (QED) is 0.817. The molecule has 1 amide bonds. The van der Waals surface area contributed by atoms with Crippen LogP contribution in [-0.2, 0) is 9.53 Å². The number of aliphatic hydroxyl groups is 1. The first kappa shape index (κ1) is 13.8. The zero-order valence-corrected chi connectivity index (χ0v) is 11.5. The molecule has 0 aromatic carbocycles. The minimum absolute atomic E-state index is 0.0852. The molecule has 2 aliphatic rings. The van der Waals surface area contributed by atoms with Gasteiger partial charge in [-0.25, -0.2) is 0 Å². The third-order valence-corrected chi connectivity index (χ3v) is 4.19. The van der Waals surface area contributed by atoms with Crippen molar-refractivity contribution in [1.82, 2.24) is 4.90 Å². The monoisotopic (exact) mass is 255 g/mol. The van der Waals surface area contributed by atoms with Gasteiger partial charge >= 0.3 is 0 Å². The van der Waals surface area contributed by atoms with Crippen LogP contribution < -0.4 is 0 Å². The Kier molecular flexibility index (Phi) is 4.28. The van der Waals surface area contributed by atoms with E-state index in [-0.39, 0.29) is 24.5 Å². The predicted molar refractivity (Wildman–Crippen MR) is 69.2 cm³/mol. The van der Waals surface area contributed by atoms with E-state index in [0.29, 0.717) is 13.2 Å². The largest absolute Gasteiger partial charge is 0.389 e. The van der Waals surface area contributed by atoms with Gasteiger partial charge in [-0.1, -0.05) is 19.3 Å². The maximum absolute atomic E-state index is 12.3. The highest BCUT2D eigenvalue weighted by Crippen LogP contribution is 2.31. The topological polar surface area (TPSA) is 49.8 Å². The first-order chi connectivity index (χ1) is 8.50. The number of carbonyl (C=O) groups excluding carboxylic acids is 1. The fourth-order valence-electron chi connectivity index (χ4n) is 3.02. The number of hydrogen-bond donors (Lipinski definition) is 1. The van der Waals surface area contributed by atoms with E-state index in [0.717, 1.165) is 25.7 Å². The highest BCUT2D eigenvalue weighted by Gasteiger charge is 2.35. The Bertz CT molecular complexity index is 299. The molecule has 1 aliphatic carbocycles. The lowest BCUT2D eigenvalue weighted by Gasteiger charge is -2.39. The van der Waals surface area contributed by atoms with Crippen LogP contribution in [0.25, 0.3) is 0 Å². The average Bonchev–Trinajstić information content (AvgIpc) is 2.32. The predicted octanol–water partition coefficient (Wildman–Crippen LogP) is 1.71. The Morgan fingerprint density at radius 1 is 1.33 bits per heavy atom. The van der Waals surface area contributed by atoms with E-state index >= 15 is 0 Å². The Morgan fingerprint density at radius 3 is 2.67 bits per heavy atom. The van der Waals surface area contributed by atoms with Crippen molar-refractivity contribution in [3.8, 4) is 0 Å². The summed E-state index contributed by atoms with van der Waals surface area (Å²) in [4.78, 5) is 14.2. The summed E-state index contributed by atoms with van der Waals surface area (Å²) < 4.78 is 5.53. The van der Waals surface area contributed by atoms with E-state index in [1.54, 1.807) is 0 Å². The lowest BCUT2D eigenvalue weighted by Crippen LogP contribution is -2.52. The van der Waals surface area contributed by atoms with E-state index in [2.05, 4.69) is 0 Å². The second-order valence-corrected chi connectivity index (χ2v) is 6.00. The van der Waals surface area contributed by atoms with E-state index < -0.39 is 5.60 Å². The third-order valence-electron chi connectivity index (χ3n) is 4.19. The molecule has 1 N–H and O–H groups in total. The lowest BCUT2D eigenvalue weighted by molar-refractivity contribution is -0.149. The molecule has 104 valence electrons. The minimum atomic E-state index is -0.753. The molecule has 0 aromatic heterocycles. The zero-order chi connectivity index (χ0) is 13.2. The number of ether oxygens (including phenoxy) is 1. The van der Waals surface area contributed by atoms with Gasteiger partial charge in [0.05, 0.1) is 30.8 Å². The van der Waals surface area contributed by atoms with Crippen molar-refractivity contribution in [2.75, 3.05) is 13.2 Å². The summed E-state index contributed by atoms with van der Waals surface area (Å²) in [7, 11) is 0. The van der Waals surface area contributed by atoms with Gasteiger partial charge in [-0.05, 0) is 26.7 Å². The number of carbonyl (C=O) groups is 1. The van der Waals surface area contributed by atoms with Crippen molar-refractivity contribution in [2.45, 2.75) is 70.1 Å². The number of hydrogen-bond acceptors (Lipinski definition) is 3. The fraction of sp³-hybridized carbons (Fsp3) is 0.929. The molecule has 0 radical (unpaired) electrons. The molecular formula is C14H25NO3. The Labute approximate surface area is 109 Å². The molecule has 1 aliphatic heterocycles. The van der Waals surface area contributed by atoms with E-state index in [1.165, 1.54) is 6.42 Å². The smallest absolute Gasteiger partial charge is 0.225 e. The van der Waals surface area contributed by atoms with Gasteiger partial charge in [0.2, 0.25) is 5.91 Å². The van der Waals surface area contributed by atoms with Crippen LogP contribution in [0.1, 0.15) is 52.4 Å². The molecule has 18 heavy (non-hydrogen) atoms. The molecule has 1 saturated heterocycles. The average molecular weight is 255 g/mol. The zero-order valence-electron chi connectivity index (χ0n) is 11.5. The molecule has 1 saturated carbocycles. The number of amides is 1. The Balaban J connectivity index is 1.93. The number of rotatable bonds is 2. The highest BCUT2D eigenvalue weighted by atomic mass is 16.5. The Morgan fingerprint density at radius 2 is 2.00 bits per heavy atom. The van der Waals surface area contributed by atoms with Crippen molar-refractivity contribution in [1.29, 1.82) is 0 Å². The Hall–Kier alpha value is -0.610. The number of nitrogens with zero attached hydrogens (tertiary/aromatic N) is 1. The first-order valence-electron chi connectivity index (χ1n) is 7.14. The highest BCUT2D eigenvalue weighted by molar-refractivity contribution is 5.77. The maximum Gasteiger partial charge on any atom is 0.225 e. The molecule has 0 aromatic rings. The van der Waals surface area contributed by atoms with E-state index in [9.17, 15) is 9.90 Å². The van der Waals surface area contributed by atoms with Crippen molar-refractivity contribution < 1.29 is 14.6 Å². The van der Waals surface area contributed by atoms with Crippen LogP contribution in [0, 0.1) is 0 Å². The molecule has 2 fully saturated rings. The van der Waals surface area contributed by atoms with Crippen molar-refractivity contribution >= 4 is 5.91 Å². The summed E-state index contributed by atoms with van der Waals surface area (Å²) in [5, 5.41) is 10.4. The van der Waals surface area contributed by atoms with Gasteiger partial charge in [0.1, 0.15) is 0 Å². The fourth-order valence-corrected chi connectivity index (χ4v) is 3.02. The van der Waals surface area contributed by atoms with Crippen LogP contribution in [0.4, 0.5) is 0 Å². The molecule has 4 heteroatoms. The van der Waals surface area contributed by atoms with Gasteiger partial charge in [0.15, 0.2) is 0 Å². The summed E-state index contributed by atoms with van der Waals surface area (Å²) in [6.07, 6.45) is 5.19. The van der Waals surface area contributed by atoms with E-state index in [4.69, 9.17) is 4.74 Å². The molecule has 2 rings (SSSR count). The van der Waals surface area contributed by atoms with Crippen LogP contribution in [0.2, 0.25) is 0 Å². The van der Waals surface area contributed by atoms with Crippen LogP contribution in [0.15, 0.2) is 0 Å². The molecular weight excluding hydrogens is 230 g/mol. The number of morpholine rings is 1. The molecule has 0 spiro atoms. The SMILES string of the molecule is CC1CN(C(=O)CC2(O)CCCCC2)C(C)CO1. The van der Waals surface area contributed by atoms with Gasteiger partial charge in [-0.3, -0.25) is 4.79 Å². The maximum atomic E-state index is 12.3. The standard InChI is InChI=1S/C14H25NO3/c1-11-10-18-12(2)9-15(11)13(16)8-14(17)6-4-3-5-7-14/h11-12,17H,3-10H2,1-2H3. The molecule has 2 unspecified atom stereocenters. The molecule has 4 nitrogen and oxygen atoms in total. The van der Waals surface area contributed by atoms with Crippen LogP contribution in [0.3, 0.4) is 0 Å². The minimum Gasteiger partial charge on any atom is -0.389 e. The third kappa shape index (κ3) is 3.23. The van der Waals surface area contributed by atoms with Gasteiger partial charge < -0.3 is 14.7 Å². The summed E-state index contributed by atoms with van der Waals surface area (Å²) in [5.41, 5.74) is -0.753. The summed E-state index contributed by atoms with van der Waals surface area (Å²) in [6, 6.07) is 0.126. The van der Waals surface area contributed by atoms with Crippen LogP contribution >= 0.6 is 0 Å². The summed E-state index contributed by atoms with van der Waals surface area (Å²) in [6.45, 7) is 5.25. The molecule has 1 heterocycles. The van der Waals surface area contributed by atoms with Crippen LogP contribution in [0.5, 0.6) is 0 Å². The summed E-state index contributed by atoms with van der Waals surface area (Å²) in [5.74, 6) is 0.0852. The van der Waals surface area contributed by atoms with E-state index in [1.807, 2.05) is 18.7 Å². The lowest BCUT2D eigenvalue weighted by atomic mass is 9.82. The molecule has 0 bridgehead atoms. The van der Waals surface area contributed by atoms with Gasteiger partial charge in [-0.2, -0.15) is 0 Å². The van der Waals surface area contributed by atoms with Crippen molar-refractivity contribution in [3.63, 3.8) is 0 Å². The van der Waals surface area contributed by atoms with Gasteiger partial charge in [0, 0.05) is 6.54 Å². The van der Waals surface area contributed by atoms with Gasteiger partial charge in [0.25, 0.3) is 0 Å².